The molecule has 3 aromatic rings. The van der Waals surface area contributed by atoms with Gasteiger partial charge >= 0.3 is 0 Å². The van der Waals surface area contributed by atoms with Crippen molar-refractivity contribution in [3.8, 4) is 0 Å². The van der Waals surface area contributed by atoms with E-state index in [4.69, 9.17) is 0 Å². The van der Waals surface area contributed by atoms with Crippen LogP contribution in [0.4, 0.5) is 24.5 Å². The van der Waals surface area contributed by atoms with Crippen molar-refractivity contribution in [1.82, 2.24) is 30.2 Å². The second-order valence-electron chi connectivity index (χ2n) is 14.8. The summed E-state index contributed by atoms with van der Waals surface area (Å²) in [5, 5.41) is 16.5. The number of carbonyl (C=O) groups excluding carboxylic acids is 3. The van der Waals surface area contributed by atoms with Gasteiger partial charge < -0.3 is 15.1 Å². The highest BCUT2D eigenvalue weighted by atomic mass is 19.3. The molecular weight excluding hydrogens is 637 g/mol. The van der Waals surface area contributed by atoms with E-state index in [-0.39, 0.29) is 36.3 Å². The summed E-state index contributed by atoms with van der Waals surface area (Å²) >= 11 is 0. The number of amides is 3. The lowest BCUT2D eigenvalue weighted by molar-refractivity contribution is -0.134. The van der Waals surface area contributed by atoms with Gasteiger partial charge in [-0.25, -0.2) is 13.2 Å². The molecule has 3 amide bonds. The summed E-state index contributed by atoms with van der Waals surface area (Å²) in [6, 6.07) is 7.64. The number of nitrogens with one attached hydrogen (secondary N) is 3. The number of hydrogen-bond acceptors (Lipinski definition) is 7. The van der Waals surface area contributed by atoms with E-state index in [2.05, 4.69) is 47.9 Å². The Balaban J connectivity index is 0.802. The molecule has 5 aliphatic rings. The topological polar surface area (TPSA) is 128 Å². The number of likely N-dealkylation sites (tertiary alicyclic amines) is 1. The van der Waals surface area contributed by atoms with Crippen LogP contribution in [-0.2, 0) is 22.4 Å². The molecule has 8 rings (SSSR count). The van der Waals surface area contributed by atoms with E-state index in [1.807, 2.05) is 12.1 Å². The van der Waals surface area contributed by atoms with Crippen LogP contribution in [0.25, 0.3) is 0 Å². The summed E-state index contributed by atoms with van der Waals surface area (Å²) in [5.41, 5.74) is 2.64. The summed E-state index contributed by atoms with van der Waals surface area (Å²) < 4.78 is 45.7. The Bertz CT molecular complexity index is 1770. The van der Waals surface area contributed by atoms with Crippen LogP contribution in [0.2, 0.25) is 0 Å². The van der Waals surface area contributed by atoms with Gasteiger partial charge in [0.25, 0.3) is 11.8 Å². The van der Waals surface area contributed by atoms with Crippen LogP contribution < -0.4 is 15.5 Å². The van der Waals surface area contributed by atoms with Gasteiger partial charge in [0.2, 0.25) is 11.8 Å². The van der Waals surface area contributed by atoms with Crippen molar-refractivity contribution in [3.05, 3.63) is 59.2 Å². The first kappa shape index (κ1) is 32.0. The molecule has 49 heavy (non-hydrogen) atoms. The van der Waals surface area contributed by atoms with E-state index in [1.165, 1.54) is 6.20 Å². The van der Waals surface area contributed by atoms with Crippen molar-refractivity contribution in [2.24, 2.45) is 17.3 Å². The Morgan fingerprint density at radius 1 is 1.08 bits per heavy atom. The van der Waals surface area contributed by atoms with Crippen molar-refractivity contribution in [2.75, 3.05) is 42.9 Å². The highest BCUT2D eigenvalue weighted by Crippen LogP contribution is 2.70. The molecule has 2 aliphatic carbocycles. The molecule has 1 saturated carbocycles. The standard InChI is InChI=1S/C35H41F3N8O3/c1-34-15-27-25(14-29(34)35(34,37)38)31(43-42-27)33(49)40-22-16-39-46(18-22)28-10-11-44(19-26(28)36)17-20-8-12-45(13-9-20)23-4-2-21(3-5-23)24-6-7-30(47)41-32(24)48/h2-5,16,18,20,24,26,28-29H,6-15,17,19H2,1H3,(H,40,49)(H,42,43)(H,41,47,48)/t24-,26+,28+,29+,34-/m1/s1. The third-order valence-electron chi connectivity index (χ3n) is 11.8. The highest BCUT2D eigenvalue weighted by molar-refractivity contribution is 6.04. The monoisotopic (exact) mass is 678 g/mol. The number of hydrogen-bond donors (Lipinski definition) is 3. The van der Waals surface area contributed by atoms with Crippen LogP contribution in [0, 0.1) is 17.3 Å². The van der Waals surface area contributed by atoms with Gasteiger partial charge in [-0.05, 0) is 55.7 Å². The summed E-state index contributed by atoms with van der Waals surface area (Å²) in [6.07, 6.45) is 5.78. The zero-order chi connectivity index (χ0) is 34.1. The maximum absolute atomic E-state index is 15.5. The van der Waals surface area contributed by atoms with Crippen LogP contribution in [0.1, 0.15) is 78.3 Å². The molecule has 11 nitrogen and oxygen atoms in total. The van der Waals surface area contributed by atoms with Crippen LogP contribution in [-0.4, -0.2) is 87.4 Å². The minimum absolute atomic E-state index is 0.112. The molecule has 260 valence electrons. The quantitative estimate of drug-likeness (QED) is 0.319. The Morgan fingerprint density at radius 3 is 2.59 bits per heavy atom. The highest BCUT2D eigenvalue weighted by Gasteiger charge is 2.78. The van der Waals surface area contributed by atoms with E-state index in [0.29, 0.717) is 48.7 Å². The number of aromatic nitrogens is 4. The maximum atomic E-state index is 15.5. The molecular formula is C35H41F3N8O3. The summed E-state index contributed by atoms with van der Waals surface area (Å²) in [5.74, 6) is -4.26. The lowest BCUT2D eigenvalue weighted by Gasteiger charge is -2.39. The molecule has 5 heterocycles. The zero-order valence-corrected chi connectivity index (χ0v) is 27.4. The lowest BCUT2D eigenvalue weighted by Crippen LogP contribution is -2.46. The first-order chi connectivity index (χ1) is 23.5. The number of benzene rings is 1. The van der Waals surface area contributed by atoms with Crippen LogP contribution in [0.15, 0.2) is 36.7 Å². The lowest BCUT2D eigenvalue weighted by atomic mass is 9.87. The number of nitrogens with zero attached hydrogens (tertiary/aromatic N) is 5. The van der Waals surface area contributed by atoms with Crippen molar-refractivity contribution in [2.45, 2.75) is 75.9 Å². The number of imide groups is 1. The first-order valence-electron chi connectivity index (χ1n) is 17.3. The molecule has 2 aromatic heterocycles. The minimum Gasteiger partial charge on any atom is -0.372 e. The minimum atomic E-state index is -2.74. The second kappa shape index (κ2) is 12.0. The van der Waals surface area contributed by atoms with Crippen molar-refractivity contribution in [1.29, 1.82) is 0 Å². The number of fused-ring (bicyclic) bond motifs is 2. The number of carbonyl (C=O) groups is 3. The fraction of sp³-hybridized carbons (Fsp3) is 0.571. The molecule has 3 aliphatic heterocycles. The number of rotatable bonds is 7. The SMILES string of the molecule is C[C@@]12Cc3[nH]nc(C(=O)Nc4cnn([C@H]5CCN(CC6CCN(c7ccc([C@H]8CCC(=O)NC8=O)cc7)CC6)C[C@@H]5F)c4)c3C[C@@H]1C2(F)F. The molecule has 5 atom stereocenters. The summed E-state index contributed by atoms with van der Waals surface area (Å²) in [7, 11) is 0. The fourth-order valence-corrected chi connectivity index (χ4v) is 8.66. The van der Waals surface area contributed by atoms with E-state index in [9.17, 15) is 23.2 Å². The van der Waals surface area contributed by atoms with Crippen molar-refractivity contribution in [3.63, 3.8) is 0 Å². The van der Waals surface area contributed by atoms with Gasteiger partial charge in [-0.1, -0.05) is 19.1 Å². The molecule has 0 bridgehead atoms. The molecule has 0 spiro atoms. The van der Waals surface area contributed by atoms with E-state index in [0.717, 1.165) is 50.3 Å². The molecule has 0 radical (unpaired) electrons. The Hall–Kier alpha value is -4.20. The van der Waals surface area contributed by atoms with E-state index < -0.39 is 35.4 Å². The largest absolute Gasteiger partial charge is 0.372 e. The van der Waals surface area contributed by atoms with Gasteiger partial charge in [0.1, 0.15) is 6.17 Å². The van der Waals surface area contributed by atoms with E-state index in [1.54, 1.807) is 17.8 Å². The number of anilines is 2. The number of H-pyrrole nitrogens is 1. The van der Waals surface area contributed by atoms with Crippen LogP contribution in [0.3, 0.4) is 0 Å². The number of piperidine rings is 3. The second-order valence-corrected chi connectivity index (χ2v) is 14.8. The average Bonchev–Trinajstić information content (AvgIpc) is 3.50. The molecule has 3 N–H and O–H groups in total. The fourth-order valence-electron chi connectivity index (χ4n) is 8.66. The first-order valence-corrected chi connectivity index (χ1v) is 17.3. The number of alkyl halides is 3. The van der Waals surface area contributed by atoms with Crippen molar-refractivity contribution >= 4 is 29.1 Å². The van der Waals surface area contributed by atoms with Crippen molar-refractivity contribution < 1.29 is 27.6 Å². The Morgan fingerprint density at radius 2 is 1.86 bits per heavy atom. The van der Waals surface area contributed by atoms with Gasteiger partial charge in [0.15, 0.2) is 5.69 Å². The smallest absolute Gasteiger partial charge is 0.276 e. The molecule has 1 aromatic carbocycles. The molecule has 3 saturated heterocycles. The molecule has 14 heteroatoms. The van der Waals surface area contributed by atoms with E-state index >= 15 is 4.39 Å². The zero-order valence-electron chi connectivity index (χ0n) is 27.4. The third-order valence-corrected chi connectivity index (χ3v) is 11.8. The normalized spacial score (nSPS) is 30.0. The van der Waals surface area contributed by atoms with Gasteiger partial charge in [-0.3, -0.25) is 29.5 Å². The molecule has 4 fully saturated rings. The average molecular weight is 679 g/mol. The van der Waals surface area contributed by atoms with Gasteiger partial charge in [0.05, 0.1) is 23.8 Å². The van der Waals surface area contributed by atoms with Crippen LogP contribution in [0.5, 0.6) is 0 Å². The van der Waals surface area contributed by atoms with Gasteiger partial charge in [-0.2, -0.15) is 10.2 Å². The van der Waals surface area contributed by atoms with Crippen LogP contribution >= 0.6 is 0 Å². The number of aromatic amines is 1. The predicted octanol–water partition coefficient (Wildman–Crippen LogP) is 4.25. The van der Waals surface area contributed by atoms with Gasteiger partial charge in [0, 0.05) is 80.0 Å². The number of halogens is 3. The Kier molecular flexibility index (Phi) is 7.84. The summed E-state index contributed by atoms with van der Waals surface area (Å²) in [6.45, 7) is 5.31. The Labute approximate surface area is 282 Å². The third kappa shape index (κ3) is 5.71. The predicted molar refractivity (Wildman–Crippen MR) is 174 cm³/mol. The molecule has 0 unspecified atom stereocenters. The van der Waals surface area contributed by atoms with Gasteiger partial charge in [-0.15, -0.1) is 0 Å². The summed E-state index contributed by atoms with van der Waals surface area (Å²) in [4.78, 5) is 41.3. The maximum Gasteiger partial charge on any atom is 0.276 e.